The Morgan fingerprint density at radius 1 is 1.42 bits per heavy atom. The molecule has 3 rings (SSSR count). The molecular weight excluding hydrogens is 244 g/mol. The first-order valence-corrected chi connectivity index (χ1v) is 5.87. The number of carbonyl (C=O) groups is 1. The molecule has 0 saturated carbocycles. The molecule has 0 aromatic carbocycles. The van der Waals surface area contributed by atoms with Crippen LogP contribution in [0.25, 0.3) is 11.1 Å². The lowest BCUT2D eigenvalue weighted by atomic mass is 10.3. The van der Waals surface area contributed by atoms with Crippen molar-refractivity contribution in [3.05, 3.63) is 53.7 Å². The van der Waals surface area contributed by atoms with Gasteiger partial charge in [-0.1, -0.05) is 6.07 Å². The third-order valence-electron chi connectivity index (χ3n) is 2.80. The largest absolute Gasteiger partial charge is 0.463 e. The van der Waals surface area contributed by atoms with Gasteiger partial charge in [0.2, 0.25) is 0 Å². The Balaban J connectivity index is 1.68. The summed E-state index contributed by atoms with van der Waals surface area (Å²) in [5, 5.41) is 0. The second kappa shape index (κ2) is 4.61. The fourth-order valence-electron chi connectivity index (χ4n) is 1.77. The number of ether oxygens (including phenoxy) is 1. The van der Waals surface area contributed by atoms with Gasteiger partial charge in [0.25, 0.3) is 0 Å². The summed E-state index contributed by atoms with van der Waals surface area (Å²) >= 11 is 0. The van der Waals surface area contributed by atoms with Gasteiger partial charge in [0.1, 0.15) is 12.3 Å². The van der Waals surface area contributed by atoms with Crippen LogP contribution in [-0.4, -0.2) is 15.9 Å². The number of carbonyl (C=O) groups excluding carboxylic acids is 1. The Morgan fingerprint density at radius 3 is 3.05 bits per heavy atom. The van der Waals surface area contributed by atoms with Crippen LogP contribution in [-0.2, 0) is 11.3 Å². The zero-order chi connectivity index (χ0) is 13.2. The van der Waals surface area contributed by atoms with Gasteiger partial charge >= 0.3 is 5.97 Å². The average Bonchev–Trinajstić information content (AvgIpc) is 2.98. The van der Waals surface area contributed by atoms with Gasteiger partial charge in [-0.3, -0.25) is 4.98 Å². The van der Waals surface area contributed by atoms with Crippen molar-refractivity contribution in [3.8, 4) is 0 Å². The molecule has 0 spiro atoms. The number of aromatic amines is 1. The van der Waals surface area contributed by atoms with Crippen LogP contribution in [0.3, 0.4) is 0 Å². The lowest BCUT2D eigenvalue weighted by Crippen LogP contribution is -2.05. The summed E-state index contributed by atoms with van der Waals surface area (Å²) in [5.74, 6) is -0.410. The molecule has 0 amide bonds. The van der Waals surface area contributed by atoms with Crippen molar-refractivity contribution in [3.63, 3.8) is 0 Å². The highest BCUT2D eigenvalue weighted by Crippen LogP contribution is 2.17. The number of furan rings is 1. The van der Waals surface area contributed by atoms with Gasteiger partial charge in [0.15, 0.2) is 5.58 Å². The van der Waals surface area contributed by atoms with Crippen molar-refractivity contribution in [2.75, 3.05) is 0 Å². The number of nitrogens with one attached hydrogen (secondary N) is 1. The second-order valence-electron chi connectivity index (χ2n) is 4.27. The maximum absolute atomic E-state index is 11.8. The minimum atomic E-state index is -0.410. The van der Waals surface area contributed by atoms with Crippen LogP contribution < -0.4 is 0 Å². The summed E-state index contributed by atoms with van der Waals surface area (Å²) in [6.45, 7) is 2.11. The van der Waals surface area contributed by atoms with Crippen LogP contribution >= 0.6 is 0 Å². The smallest absolute Gasteiger partial charge is 0.355 e. The molecular formula is C14H12N2O3. The van der Waals surface area contributed by atoms with E-state index in [1.54, 1.807) is 24.6 Å². The molecule has 0 saturated heterocycles. The minimum absolute atomic E-state index is 0.201. The molecule has 1 N–H and O–H groups in total. The summed E-state index contributed by atoms with van der Waals surface area (Å²) in [7, 11) is 0. The molecule has 19 heavy (non-hydrogen) atoms. The van der Waals surface area contributed by atoms with Crippen LogP contribution in [0.2, 0.25) is 0 Å². The van der Waals surface area contributed by atoms with Crippen molar-refractivity contribution < 1.29 is 13.9 Å². The summed E-state index contributed by atoms with van der Waals surface area (Å²) in [6, 6.07) is 7.15. The van der Waals surface area contributed by atoms with E-state index in [1.807, 2.05) is 19.1 Å². The molecule has 0 aliphatic heterocycles. The zero-order valence-corrected chi connectivity index (χ0v) is 10.3. The fourth-order valence-corrected chi connectivity index (χ4v) is 1.77. The molecule has 0 unspecified atom stereocenters. The zero-order valence-electron chi connectivity index (χ0n) is 10.3. The molecule has 0 bridgehead atoms. The van der Waals surface area contributed by atoms with E-state index in [4.69, 9.17) is 9.15 Å². The van der Waals surface area contributed by atoms with Crippen LogP contribution in [0.1, 0.15) is 21.7 Å². The number of rotatable bonds is 3. The Kier molecular flexibility index (Phi) is 2.79. The molecule has 0 fully saturated rings. The van der Waals surface area contributed by atoms with Crippen LogP contribution in [0, 0.1) is 6.92 Å². The van der Waals surface area contributed by atoms with E-state index in [0.29, 0.717) is 11.3 Å². The quantitative estimate of drug-likeness (QED) is 0.731. The number of esters is 1. The fraction of sp³-hybridized carbons (Fsp3) is 0.143. The first-order valence-electron chi connectivity index (χ1n) is 5.87. The molecule has 0 radical (unpaired) electrons. The number of aromatic nitrogens is 2. The number of hydrogen-bond donors (Lipinski definition) is 1. The van der Waals surface area contributed by atoms with E-state index < -0.39 is 5.97 Å². The van der Waals surface area contributed by atoms with Gasteiger partial charge in [0.05, 0.1) is 11.8 Å². The Bertz CT molecular complexity index is 681. The number of nitrogens with zero attached hydrogens (tertiary/aromatic N) is 1. The van der Waals surface area contributed by atoms with E-state index in [1.165, 1.54) is 0 Å². The van der Waals surface area contributed by atoms with Gasteiger partial charge in [-0.15, -0.1) is 0 Å². The predicted molar refractivity (Wildman–Crippen MR) is 68.7 cm³/mol. The van der Waals surface area contributed by atoms with Crippen LogP contribution in [0.5, 0.6) is 0 Å². The van der Waals surface area contributed by atoms with Gasteiger partial charge in [-0.05, 0) is 13.0 Å². The molecule has 3 aromatic rings. The van der Waals surface area contributed by atoms with Crippen molar-refractivity contribution in [2.45, 2.75) is 13.5 Å². The standard InChI is InChI=1S/C14H12N2O3/c1-9-2-3-10(7-15-9)8-19-14(17)12-6-13-11(16-12)4-5-18-13/h2-7,16H,8H2,1H3. The SMILES string of the molecule is Cc1ccc(COC(=O)c2cc3occc3[nH]2)cn1. The van der Waals surface area contributed by atoms with Crippen molar-refractivity contribution in [1.82, 2.24) is 9.97 Å². The molecule has 3 aromatic heterocycles. The highest BCUT2D eigenvalue weighted by Gasteiger charge is 2.12. The predicted octanol–water partition coefficient (Wildman–Crippen LogP) is 2.82. The van der Waals surface area contributed by atoms with Crippen molar-refractivity contribution in [1.29, 1.82) is 0 Å². The number of aryl methyl sites for hydroxylation is 1. The molecule has 0 atom stereocenters. The highest BCUT2D eigenvalue weighted by molar-refractivity contribution is 5.93. The molecule has 96 valence electrons. The summed E-state index contributed by atoms with van der Waals surface area (Å²) in [6.07, 6.45) is 3.26. The first-order chi connectivity index (χ1) is 9.22. The number of hydrogen-bond acceptors (Lipinski definition) is 4. The third kappa shape index (κ3) is 2.35. The topological polar surface area (TPSA) is 68.1 Å². The summed E-state index contributed by atoms with van der Waals surface area (Å²) in [5.41, 5.74) is 3.59. The van der Waals surface area contributed by atoms with Crippen LogP contribution in [0.4, 0.5) is 0 Å². The van der Waals surface area contributed by atoms with E-state index in [9.17, 15) is 4.79 Å². The number of H-pyrrole nitrogens is 1. The number of fused-ring (bicyclic) bond motifs is 1. The van der Waals surface area contributed by atoms with Gasteiger partial charge in [-0.2, -0.15) is 0 Å². The monoisotopic (exact) mass is 256 g/mol. The van der Waals surface area contributed by atoms with Gasteiger partial charge in [0, 0.05) is 29.6 Å². The maximum Gasteiger partial charge on any atom is 0.355 e. The molecule has 0 aliphatic carbocycles. The summed E-state index contributed by atoms with van der Waals surface area (Å²) < 4.78 is 10.4. The normalized spacial score (nSPS) is 10.8. The molecule has 5 heteroatoms. The molecule has 0 aliphatic rings. The minimum Gasteiger partial charge on any atom is -0.463 e. The van der Waals surface area contributed by atoms with E-state index in [-0.39, 0.29) is 6.61 Å². The maximum atomic E-state index is 11.8. The van der Waals surface area contributed by atoms with Gasteiger partial charge in [-0.25, -0.2) is 4.79 Å². The van der Waals surface area contributed by atoms with Crippen molar-refractivity contribution in [2.24, 2.45) is 0 Å². The van der Waals surface area contributed by atoms with Crippen LogP contribution in [0.15, 0.2) is 41.1 Å². The number of pyridine rings is 1. The lowest BCUT2D eigenvalue weighted by Gasteiger charge is -2.03. The molecule has 3 heterocycles. The van der Waals surface area contributed by atoms with Gasteiger partial charge < -0.3 is 14.1 Å². The summed E-state index contributed by atoms with van der Waals surface area (Å²) in [4.78, 5) is 18.9. The molecule has 5 nitrogen and oxygen atoms in total. The Labute approximate surface area is 109 Å². The van der Waals surface area contributed by atoms with E-state index in [2.05, 4.69) is 9.97 Å². The Morgan fingerprint density at radius 2 is 2.32 bits per heavy atom. The van der Waals surface area contributed by atoms with E-state index in [0.717, 1.165) is 16.8 Å². The first kappa shape index (κ1) is 11.5. The average molecular weight is 256 g/mol. The third-order valence-corrected chi connectivity index (χ3v) is 2.80. The second-order valence-corrected chi connectivity index (χ2v) is 4.27. The highest BCUT2D eigenvalue weighted by atomic mass is 16.5. The van der Waals surface area contributed by atoms with Crippen molar-refractivity contribution >= 4 is 17.1 Å². The Hall–Kier alpha value is -2.56. The lowest BCUT2D eigenvalue weighted by molar-refractivity contribution is 0.0466. The van der Waals surface area contributed by atoms with E-state index >= 15 is 0 Å².